The molecule has 100 valence electrons. The molecule has 0 aliphatic rings. The van der Waals surface area contributed by atoms with E-state index in [0.717, 1.165) is 0 Å². The van der Waals surface area contributed by atoms with E-state index in [9.17, 15) is 8.42 Å². The molecule has 0 spiro atoms. The number of rotatable bonds is 3. The van der Waals surface area contributed by atoms with E-state index in [1.165, 1.54) is 0 Å². The molecule has 0 aliphatic carbocycles. The Balaban J connectivity index is 2.41. The van der Waals surface area contributed by atoms with Crippen LogP contribution in [0.15, 0.2) is 35.5 Å². The summed E-state index contributed by atoms with van der Waals surface area (Å²) in [6, 6.07) is 8.28. The quantitative estimate of drug-likeness (QED) is 0.884. The zero-order valence-electron chi connectivity index (χ0n) is 10.4. The van der Waals surface area contributed by atoms with Crippen molar-refractivity contribution in [2.75, 3.05) is 4.72 Å². The lowest BCUT2D eigenvalue weighted by atomic mass is 10.3. The smallest absolute Gasteiger partial charge is 0.276 e. The number of halogens is 1. The zero-order valence-corrected chi connectivity index (χ0v) is 12.0. The molecule has 5 nitrogen and oxygen atoms in total. The molecule has 19 heavy (non-hydrogen) atoms. The first-order valence-corrected chi connectivity index (χ1v) is 7.34. The third kappa shape index (κ3) is 3.21. The van der Waals surface area contributed by atoms with Crippen LogP contribution in [0, 0.1) is 13.8 Å². The number of para-hydroxylation sites is 1. The summed E-state index contributed by atoms with van der Waals surface area (Å²) in [5.41, 5.74) is 1.48. The summed E-state index contributed by atoms with van der Waals surface area (Å²) >= 11 is 5.91. The fourth-order valence-corrected chi connectivity index (χ4v) is 2.87. The SMILES string of the molecule is Cc1cc(C)nc(S(=O)(=O)Nc2ccccc2Cl)n1. The van der Waals surface area contributed by atoms with Gasteiger partial charge in [-0.1, -0.05) is 23.7 Å². The summed E-state index contributed by atoms with van der Waals surface area (Å²) in [5, 5.41) is 0.0559. The van der Waals surface area contributed by atoms with E-state index in [2.05, 4.69) is 14.7 Å². The van der Waals surface area contributed by atoms with Crippen molar-refractivity contribution in [2.45, 2.75) is 19.0 Å². The summed E-state index contributed by atoms with van der Waals surface area (Å²) in [4.78, 5) is 7.85. The molecule has 0 bridgehead atoms. The van der Waals surface area contributed by atoms with Crippen LogP contribution in [0.25, 0.3) is 0 Å². The van der Waals surface area contributed by atoms with Crippen LogP contribution in [0.3, 0.4) is 0 Å². The van der Waals surface area contributed by atoms with Crippen LogP contribution in [0.5, 0.6) is 0 Å². The minimum atomic E-state index is -3.84. The van der Waals surface area contributed by atoms with Crippen LogP contribution in [0.1, 0.15) is 11.4 Å². The van der Waals surface area contributed by atoms with Gasteiger partial charge in [-0.3, -0.25) is 4.72 Å². The number of hydrogen-bond acceptors (Lipinski definition) is 4. The highest BCUT2D eigenvalue weighted by atomic mass is 35.5. The molecule has 0 saturated heterocycles. The Morgan fingerprint density at radius 2 is 1.68 bits per heavy atom. The predicted octanol–water partition coefficient (Wildman–Crippen LogP) is 2.55. The molecule has 1 N–H and O–H groups in total. The summed E-state index contributed by atoms with van der Waals surface area (Å²) in [6.45, 7) is 3.42. The average molecular weight is 298 g/mol. The topological polar surface area (TPSA) is 72.0 Å². The van der Waals surface area contributed by atoms with Crippen LogP contribution >= 0.6 is 11.6 Å². The molecule has 2 aromatic rings. The van der Waals surface area contributed by atoms with Crippen LogP contribution < -0.4 is 4.72 Å². The largest absolute Gasteiger partial charge is 0.297 e. The number of nitrogens with zero attached hydrogens (tertiary/aromatic N) is 2. The van der Waals surface area contributed by atoms with E-state index in [1.54, 1.807) is 44.2 Å². The fourth-order valence-electron chi connectivity index (χ4n) is 1.55. The second-order valence-electron chi connectivity index (χ2n) is 4.02. The number of hydrogen-bond donors (Lipinski definition) is 1. The van der Waals surface area contributed by atoms with E-state index in [1.807, 2.05) is 0 Å². The van der Waals surface area contributed by atoms with Gasteiger partial charge in [0.25, 0.3) is 15.2 Å². The third-order valence-corrected chi connectivity index (χ3v) is 3.80. The van der Waals surface area contributed by atoms with Gasteiger partial charge in [0.2, 0.25) is 0 Å². The Labute approximate surface area is 116 Å². The Morgan fingerprint density at radius 1 is 1.11 bits per heavy atom. The summed E-state index contributed by atoms with van der Waals surface area (Å²) in [7, 11) is -3.84. The Morgan fingerprint density at radius 3 is 2.26 bits per heavy atom. The molecule has 0 atom stereocenters. The minimum absolute atomic E-state index is 0.259. The highest BCUT2D eigenvalue weighted by molar-refractivity contribution is 7.92. The van der Waals surface area contributed by atoms with E-state index in [0.29, 0.717) is 22.1 Å². The number of benzene rings is 1. The monoisotopic (exact) mass is 297 g/mol. The molecule has 2 rings (SSSR count). The molecule has 1 heterocycles. The maximum Gasteiger partial charge on any atom is 0.297 e. The van der Waals surface area contributed by atoms with Crippen molar-refractivity contribution in [1.29, 1.82) is 0 Å². The normalized spacial score (nSPS) is 11.3. The maximum absolute atomic E-state index is 12.2. The first-order chi connectivity index (χ1) is 8.88. The van der Waals surface area contributed by atoms with Gasteiger partial charge in [0.15, 0.2) is 0 Å². The van der Waals surface area contributed by atoms with Crippen LogP contribution in [0.2, 0.25) is 5.02 Å². The first-order valence-electron chi connectivity index (χ1n) is 5.48. The van der Waals surface area contributed by atoms with E-state index in [4.69, 9.17) is 11.6 Å². The molecule has 0 amide bonds. The van der Waals surface area contributed by atoms with Crippen molar-refractivity contribution in [3.8, 4) is 0 Å². The molecular weight excluding hydrogens is 286 g/mol. The molecule has 0 saturated carbocycles. The minimum Gasteiger partial charge on any atom is -0.276 e. The molecule has 7 heteroatoms. The second-order valence-corrected chi connectivity index (χ2v) is 6.00. The number of sulfonamides is 1. The van der Waals surface area contributed by atoms with Crippen molar-refractivity contribution >= 4 is 27.3 Å². The number of aromatic nitrogens is 2. The summed E-state index contributed by atoms with van der Waals surface area (Å²) in [5.74, 6) is 0. The van der Waals surface area contributed by atoms with Crippen LogP contribution in [-0.2, 0) is 10.0 Å². The van der Waals surface area contributed by atoms with Gasteiger partial charge in [0, 0.05) is 11.4 Å². The van der Waals surface area contributed by atoms with Crippen molar-refractivity contribution in [3.63, 3.8) is 0 Å². The molecule has 1 aromatic heterocycles. The molecule has 1 aromatic carbocycles. The van der Waals surface area contributed by atoms with Gasteiger partial charge in [0.05, 0.1) is 10.7 Å². The van der Waals surface area contributed by atoms with Gasteiger partial charge in [-0.25, -0.2) is 9.97 Å². The van der Waals surface area contributed by atoms with E-state index >= 15 is 0 Å². The molecule has 0 aliphatic heterocycles. The van der Waals surface area contributed by atoms with Crippen molar-refractivity contribution in [1.82, 2.24) is 9.97 Å². The van der Waals surface area contributed by atoms with Gasteiger partial charge in [0.1, 0.15) is 0 Å². The standard InChI is InChI=1S/C12H12ClN3O2S/c1-8-7-9(2)15-12(14-8)19(17,18)16-11-6-4-3-5-10(11)13/h3-7,16H,1-2H3. The lowest BCUT2D eigenvalue weighted by Gasteiger charge is -2.09. The van der Waals surface area contributed by atoms with Gasteiger partial charge in [-0.2, -0.15) is 8.42 Å². The Bertz CT molecular complexity index is 696. The molecule has 0 unspecified atom stereocenters. The van der Waals surface area contributed by atoms with Crippen LogP contribution in [0.4, 0.5) is 5.69 Å². The second kappa shape index (κ2) is 5.14. The lowest BCUT2D eigenvalue weighted by Crippen LogP contribution is -2.17. The molecule has 0 fully saturated rings. The molecular formula is C12H12ClN3O2S. The van der Waals surface area contributed by atoms with Crippen LogP contribution in [-0.4, -0.2) is 18.4 Å². The maximum atomic E-state index is 12.2. The lowest BCUT2D eigenvalue weighted by molar-refractivity contribution is 0.591. The Hall–Kier alpha value is -1.66. The predicted molar refractivity (Wildman–Crippen MR) is 73.8 cm³/mol. The third-order valence-electron chi connectivity index (χ3n) is 2.32. The van der Waals surface area contributed by atoms with E-state index < -0.39 is 10.0 Å². The van der Waals surface area contributed by atoms with Gasteiger partial charge in [-0.05, 0) is 32.0 Å². The fraction of sp³-hybridized carbons (Fsp3) is 0.167. The van der Waals surface area contributed by atoms with Crippen molar-refractivity contribution < 1.29 is 8.42 Å². The number of nitrogens with one attached hydrogen (secondary N) is 1. The highest BCUT2D eigenvalue weighted by Crippen LogP contribution is 2.23. The average Bonchev–Trinajstić information content (AvgIpc) is 2.31. The number of aryl methyl sites for hydroxylation is 2. The van der Waals surface area contributed by atoms with Gasteiger partial charge >= 0.3 is 0 Å². The first kappa shape index (κ1) is 13.8. The van der Waals surface area contributed by atoms with Gasteiger partial charge in [-0.15, -0.1) is 0 Å². The zero-order chi connectivity index (χ0) is 14.0. The van der Waals surface area contributed by atoms with E-state index in [-0.39, 0.29) is 5.16 Å². The van der Waals surface area contributed by atoms with Crippen molar-refractivity contribution in [2.24, 2.45) is 0 Å². The highest BCUT2D eigenvalue weighted by Gasteiger charge is 2.19. The number of anilines is 1. The van der Waals surface area contributed by atoms with Gasteiger partial charge < -0.3 is 0 Å². The molecule has 0 radical (unpaired) electrons. The summed E-state index contributed by atoms with van der Waals surface area (Å²) in [6.07, 6.45) is 0. The van der Waals surface area contributed by atoms with Crippen molar-refractivity contribution in [3.05, 3.63) is 46.7 Å². The summed E-state index contributed by atoms with van der Waals surface area (Å²) < 4.78 is 26.7. The Kier molecular flexibility index (Phi) is 3.73.